The standard InChI is InChI=1S/C17H19N5O2/c1-11-8-12(2-3-15(11)24-13-4-6-23-7-5-13)21-16-14-9-20-22-17(14)19-10-18-16/h2-3,8-10,13H,4-7H2,1H3,(H2,18,19,20,21,22). The Labute approximate surface area is 139 Å². The number of nitrogens with one attached hydrogen (secondary N) is 2. The summed E-state index contributed by atoms with van der Waals surface area (Å²) in [5, 5.41) is 11.0. The summed E-state index contributed by atoms with van der Waals surface area (Å²) >= 11 is 0. The van der Waals surface area contributed by atoms with Gasteiger partial charge in [-0.3, -0.25) is 5.10 Å². The number of nitrogens with zero attached hydrogens (tertiary/aromatic N) is 3. The predicted molar refractivity (Wildman–Crippen MR) is 90.6 cm³/mol. The lowest BCUT2D eigenvalue weighted by Gasteiger charge is -2.24. The number of benzene rings is 1. The lowest BCUT2D eigenvalue weighted by molar-refractivity contribution is 0.0253. The summed E-state index contributed by atoms with van der Waals surface area (Å²) < 4.78 is 11.5. The first kappa shape index (κ1) is 14.9. The van der Waals surface area contributed by atoms with Crippen LogP contribution in [0.4, 0.5) is 11.5 Å². The Morgan fingerprint density at radius 3 is 2.96 bits per heavy atom. The smallest absolute Gasteiger partial charge is 0.160 e. The van der Waals surface area contributed by atoms with Crippen molar-refractivity contribution in [1.82, 2.24) is 20.2 Å². The van der Waals surface area contributed by atoms with Crippen LogP contribution in [-0.4, -0.2) is 39.5 Å². The van der Waals surface area contributed by atoms with E-state index in [0.29, 0.717) is 5.65 Å². The van der Waals surface area contributed by atoms with Crippen LogP contribution in [0.5, 0.6) is 5.75 Å². The van der Waals surface area contributed by atoms with E-state index in [-0.39, 0.29) is 6.10 Å². The van der Waals surface area contributed by atoms with E-state index in [0.717, 1.165) is 54.3 Å². The molecule has 24 heavy (non-hydrogen) atoms. The van der Waals surface area contributed by atoms with Gasteiger partial charge in [0.1, 0.15) is 24.0 Å². The van der Waals surface area contributed by atoms with Gasteiger partial charge in [0.2, 0.25) is 0 Å². The Kier molecular flexibility index (Phi) is 4.00. The summed E-state index contributed by atoms with van der Waals surface area (Å²) in [6.07, 6.45) is 5.35. The topological polar surface area (TPSA) is 85.0 Å². The number of aromatic nitrogens is 4. The summed E-state index contributed by atoms with van der Waals surface area (Å²) in [5.74, 6) is 1.65. The van der Waals surface area contributed by atoms with Gasteiger partial charge in [0.05, 0.1) is 24.8 Å². The van der Waals surface area contributed by atoms with E-state index < -0.39 is 0 Å². The van der Waals surface area contributed by atoms with E-state index in [1.54, 1.807) is 6.20 Å². The van der Waals surface area contributed by atoms with Gasteiger partial charge in [-0.2, -0.15) is 5.10 Å². The SMILES string of the molecule is Cc1cc(Nc2ncnc3[nH]ncc23)ccc1OC1CCOCC1. The van der Waals surface area contributed by atoms with Gasteiger partial charge in [0.25, 0.3) is 0 Å². The Morgan fingerprint density at radius 1 is 1.25 bits per heavy atom. The summed E-state index contributed by atoms with van der Waals surface area (Å²) in [6, 6.07) is 6.05. The fourth-order valence-electron chi connectivity index (χ4n) is 2.83. The van der Waals surface area contributed by atoms with Crippen molar-refractivity contribution in [2.45, 2.75) is 25.9 Å². The molecule has 0 unspecified atom stereocenters. The number of aryl methyl sites for hydroxylation is 1. The van der Waals surface area contributed by atoms with E-state index in [2.05, 4.69) is 31.5 Å². The second-order valence-corrected chi connectivity index (χ2v) is 5.89. The minimum absolute atomic E-state index is 0.240. The number of aromatic amines is 1. The highest BCUT2D eigenvalue weighted by Crippen LogP contribution is 2.27. The number of hydrogen-bond donors (Lipinski definition) is 2. The molecule has 2 aromatic heterocycles. The van der Waals surface area contributed by atoms with Crippen LogP contribution >= 0.6 is 0 Å². The van der Waals surface area contributed by atoms with E-state index >= 15 is 0 Å². The van der Waals surface area contributed by atoms with Crippen molar-refractivity contribution in [3.8, 4) is 5.75 Å². The molecule has 0 radical (unpaired) electrons. The Morgan fingerprint density at radius 2 is 2.12 bits per heavy atom. The van der Waals surface area contributed by atoms with Gasteiger partial charge < -0.3 is 14.8 Å². The third kappa shape index (κ3) is 3.03. The molecule has 0 atom stereocenters. The molecule has 1 fully saturated rings. The number of ether oxygens (including phenoxy) is 2. The number of rotatable bonds is 4. The average molecular weight is 325 g/mol. The van der Waals surface area contributed by atoms with Gasteiger partial charge in [-0.05, 0) is 30.7 Å². The quantitative estimate of drug-likeness (QED) is 0.767. The minimum atomic E-state index is 0.240. The number of fused-ring (bicyclic) bond motifs is 1. The van der Waals surface area contributed by atoms with Crippen molar-refractivity contribution in [2.24, 2.45) is 0 Å². The van der Waals surface area contributed by atoms with Crippen molar-refractivity contribution in [3.05, 3.63) is 36.3 Å². The van der Waals surface area contributed by atoms with Gasteiger partial charge in [-0.1, -0.05) is 0 Å². The molecule has 0 bridgehead atoms. The summed E-state index contributed by atoms with van der Waals surface area (Å²) in [6.45, 7) is 3.60. The van der Waals surface area contributed by atoms with E-state index in [1.165, 1.54) is 6.33 Å². The highest BCUT2D eigenvalue weighted by atomic mass is 16.5. The van der Waals surface area contributed by atoms with Crippen molar-refractivity contribution in [3.63, 3.8) is 0 Å². The van der Waals surface area contributed by atoms with Gasteiger partial charge in [-0.15, -0.1) is 0 Å². The minimum Gasteiger partial charge on any atom is -0.490 e. The molecule has 1 aliphatic heterocycles. The van der Waals surface area contributed by atoms with Crippen LogP contribution < -0.4 is 10.1 Å². The third-order valence-corrected chi connectivity index (χ3v) is 4.15. The summed E-state index contributed by atoms with van der Waals surface area (Å²) in [5.41, 5.74) is 2.75. The normalized spacial score (nSPS) is 15.5. The first-order valence-corrected chi connectivity index (χ1v) is 8.06. The summed E-state index contributed by atoms with van der Waals surface area (Å²) in [7, 11) is 0. The second-order valence-electron chi connectivity index (χ2n) is 5.89. The van der Waals surface area contributed by atoms with Crippen molar-refractivity contribution < 1.29 is 9.47 Å². The fourth-order valence-corrected chi connectivity index (χ4v) is 2.83. The van der Waals surface area contributed by atoms with Crippen LogP contribution in [0.3, 0.4) is 0 Å². The van der Waals surface area contributed by atoms with Crippen LogP contribution in [0.25, 0.3) is 11.0 Å². The van der Waals surface area contributed by atoms with Crippen LogP contribution in [0.15, 0.2) is 30.7 Å². The molecule has 7 heteroatoms. The van der Waals surface area contributed by atoms with E-state index in [1.807, 2.05) is 19.1 Å². The van der Waals surface area contributed by atoms with Crippen molar-refractivity contribution in [2.75, 3.05) is 18.5 Å². The third-order valence-electron chi connectivity index (χ3n) is 4.15. The maximum Gasteiger partial charge on any atom is 0.160 e. The second kappa shape index (κ2) is 6.45. The van der Waals surface area contributed by atoms with Gasteiger partial charge >= 0.3 is 0 Å². The summed E-state index contributed by atoms with van der Waals surface area (Å²) in [4.78, 5) is 8.43. The predicted octanol–water partition coefficient (Wildman–Crippen LogP) is 2.96. The Balaban J connectivity index is 1.52. The molecule has 0 spiro atoms. The highest BCUT2D eigenvalue weighted by Gasteiger charge is 2.16. The zero-order valence-corrected chi connectivity index (χ0v) is 13.5. The number of hydrogen-bond acceptors (Lipinski definition) is 6. The average Bonchev–Trinajstić information content (AvgIpc) is 3.08. The fraction of sp³-hybridized carbons (Fsp3) is 0.353. The van der Waals surface area contributed by atoms with Crippen LogP contribution in [-0.2, 0) is 4.74 Å². The Bertz CT molecular complexity index is 842. The molecule has 4 rings (SSSR count). The lowest BCUT2D eigenvalue weighted by Crippen LogP contribution is -2.26. The molecule has 0 aliphatic carbocycles. The van der Waals surface area contributed by atoms with Gasteiger partial charge in [0, 0.05) is 18.5 Å². The van der Waals surface area contributed by atoms with E-state index in [9.17, 15) is 0 Å². The maximum absolute atomic E-state index is 6.10. The molecule has 1 saturated heterocycles. The number of H-pyrrole nitrogens is 1. The molecule has 1 aliphatic rings. The first-order valence-electron chi connectivity index (χ1n) is 8.06. The zero-order chi connectivity index (χ0) is 16.4. The Hall–Kier alpha value is -2.67. The van der Waals surface area contributed by atoms with Crippen molar-refractivity contribution in [1.29, 1.82) is 0 Å². The lowest BCUT2D eigenvalue weighted by atomic mass is 10.1. The first-order chi connectivity index (χ1) is 11.8. The largest absolute Gasteiger partial charge is 0.490 e. The molecular formula is C17H19N5O2. The number of anilines is 2. The van der Waals surface area contributed by atoms with Crippen LogP contribution in [0, 0.1) is 6.92 Å². The van der Waals surface area contributed by atoms with Gasteiger partial charge in [-0.25, -0.2) is 9.97 Å². The molecule has 7 nitrogen and oxygen atoms in total. The molecule has 3 heterocycles. The van der Waals surface area contributed by atoms with Crippen LogP contribution in [0.1, 0.15) is 18.4 Å². The van der Waals surface area contributed by atoms with Gasteiger partial charge in [0.15, 0.2) is 5.65 Å². The van der Waals surface area contributed by atoms with E-state index in [4.69, 9.17) is 9.47 Å². The molecule has 0 saturated carbocycles. The van der Waals surface area contributed by atoms with Crippen LogP contribution in [0.2, 0.25) is 0 Å². The monoisotopic (exact) mass is 325 g/mol. The molecule has 2 N–H and O–H groups in total. The molecule has 124 valence electrons. The van der Waals surface area contributed by atoms with Crippen molar-refractivity contribution >= 4 is 22.5 Å². The maximum atomic E-state index is 6.10. The molecule has 0 amide bonds. The zero-order valence-electron chi connectivity index (χ0n) is 13.5. The molecule has 3 aromatic rings. The highest BCUT2D eigenvalue weighted by molar-refractivity contribution is 5.87. The molecular weight excluding hydrogens is 306 g/mol. The molecule has 1 aromatic carbocycles.